The molecule has 0 amide bonds. The van der Waals surface area contributed by atoms with Gasteiger partial charge in [0.25, 0.3) is 0 Å². The molecule has 0 bridgehead atoms. The van der Waals surface area contributed by atoms with Gasteiger partial charge in [-0.1, -0.05) is 13.0 Å². The number of fused-ring (bicyclic) bond motifs is 1. The summed E-state index contributed by atoms with van der Waals surface area (Å²) in [5.41, 5.74) is 2.03. The molecule has 0 aliphatic carbocycles. The number of rotatable bonds is 4. The Hall–Kier alpha value is -1.53. The number of para-hydroxylation sites is 1. The first-order valence-electron chi connectivity index (χ1n) is 7.01. The van der Waals surface area contributed by atoms with Crippen LogP contribution < -0.4 is 9.75 Å². The first-order valence-corrected chi connectivity index (χ1v) is 7.41. The molecule has 1 fully saturated rings. The van der Waals surface area contributed by atoms with Crippen molar-refractivity contribution in [2.24, 2.45) is 0 Å². The Morgan fingerprint density at radius 3 is 2.90 bits per heavy atom. The number of nitrogens with zero attached hydrogens (tertiary/aromatic N) is 2. The van der Waals surface area contributed by atoms with Crippen LogP contribution in [0.5, 0.6) is 5.75 Å². The maximum Gasteiger partial charge on any atom is 0.197 e. The molecule has 0 atom stereocenters. The lowest BCUT2D eigenvalue weighted by Crippen LogP contribution is -2.43. The Labute approximate surface area is 123 Å². The van der Waals surface area contributed by atoms with Gasteiger partial charge < -0.3 is 19.5 Å². The molecular formula is C14H19N3O2S. The van der Waals surface area contributed by atoms with Crippen LogP contribution in [0.1, 0.15) is 13.3 Å². The van der Waals surface area contributed by atoms with Gasteiger partial charge in [0, 0.05) is 0 Å². The van der Waals surface area contributed by atoms with Crippen molar-refractivity contribution in [1.82, 2.24) is 9.66 Å². The molecule has 0 saturated carbocycles. The second kappa shape index (κ2) is 5.85. The lowest BCUT2D eigenvalue weighted by Gasteiger charge is -2.29. The van der Waals surface area contributed by atoms with Crippen LogP contribution in [0.25, 0.3) is 11.0 Å². The van der Waals surface area contributed by atoms with E-state index in [9.17, 15) is 0 Å². The molecule has 20 heavy (non-hydrogen) atoms. The SMILES string of the molecule is CCCOc1cccc2c1[nH]c(=S)n2N1CCOCC1. The molecule has 1 aromatic carbocycles. The van der Waals surface area contributed by atoms with E-state index >= 15 is 0 Å². The molecule has 1 N–H and O–H groups in total. The Balaban J connectivity index is 2.04. The molecule has 1 aliphatic rings. The number of H-pyrrole nitrogens is 1. The highest BCUT2D eigenvalue weighted by Crippen LogP contribution is 2.25. The number of morpholine rings is 1. The third-order valence-corrected chi connectivity index (χ3v) is 3.66. The summed E-state index contributed by atoms with van der Waals surface area (Å²) in [6.07, 6.45) is 0.987. The number of hydrogen-bond acceptors (Lipinski definition) is 4. The van der Waals surface area contributed by atoms with E-state index in [-0.39, 0.29) is 0 Å². The van der Waals surface area contributed by atoms with Gasteiger partial charge in [-0.3, -0.25) is 0 Å². The van der Waals surface area contributed by atoms with Gasteiger partial charge in [-0.15, -0.1) is 0 Å². The van der Waals surface area contributed by atoms with E-state index in [1.165, 1.54) is 0 Å². The van der Waals surface area contributed by atoms with E-state index in [0.29, 0.717) is 11.4 Å². The van der Waals surface area contributed by atoms with Crippen LogP contribution in [0.3, 0.4) is 0 Å². The van der Waals surface area contributed by atoms with Crippen LogP contribution in [0, 0.1) is 4.77 Å². The zero-order valence-electron chi connectivity index (χ0n) is 11.6. The summed E-state index contributed by atoms with van der Waals surface area (Å²) in [7, 11) is 0. The fourth-order valence-electron chi connectivity index (χ4n) is 2.46. The minimum atomic E-state index is 0.703. The number of imidazole rings is 1. The van der Waals surface area contributed by atoms with Gasteiger partial charge >= 0.3 is 0 Å². The predicted molar refractivity (Wildman–Crippen MR) is 81.7 cm³/mol. The summed E-state index contributed by atoms with van der Waals surface area (Å²) in [5, 5.41) is 2.22. The molecule has 1 saturated heterocycles. The second-order valence-corrected chi connectivity index (χ2v) is 5.19. The van der Waals surface area contributed by atoms with Crippen molar-refractivity contribution in [3.8, 4) is 5.75 Å². The van der Waals surface area contributed by atoms with Gasteiger partial charge in [0.05, 0.1) is 38.4 Å². The van der Waals surface area contributed by atoms with E-state index < -0.39 is 0 Å². The molecule has 3 rings (SSSR count). The molecule has 1 aromatic heterocycles. The van der Waals surface area contributed by atoms with Crippen LogP contribution in [-0.4, -0.2) is 42.6 Å². The molecule has 1 aliphatic heterocycles. The van der Waals surface area contributed by atoms with Crippen molar-refractivity contribution in [2.45, 2.75) is 13.3 Å². The van der Waals surface area contributed by atoms with Gasteiger partial charge in [-0.25, -0.2) is 4.68 Å². The minimum absolute atomic E-state index is 0.703. The van der Waals surface area contributed by atoms with E-state index in [2.05, 4.69) is 27.7 Å². The zero-order valence-corrected chi connectivity index (χ0v) is 12.4. The molecule has 6 heteroatoms. The fraction of sp³-hybridized carbons (Fsp3) is 0.500. The maximum atomic E-state index is 5.79. The van der Waals surface area contributed by atoms with Crippen molar-refractivity contribution < 1.29 is 9.47 Å². The van der Waals surface area contributed by atoms with Crippen LogP contribution in [-0.2, 0) is 4.74 Å². The number of aromatic amines is 1. The summed E-state index contributed by atoms with van der Waals surface area (Å²) in [6.45, 7) is 5.98. The summed E-state index contributed by atoms with van der Waals surface area (Å²) < 4.78 is 14.0. The van der Waals surface area contributed by atoms with Crippen LogP contribution in [0.4, 0.5) is 0 Å². The summed E-state index contributed by atoms with van der Waals surface area (Å²) in [5.74, 6) is 0.863. The minimum Gasteiger partial charge on any atom is -0.491 e. The lowest BCUT2D eigenvalue weighted by molar-refractivity contribution is 0.111. The maximum absolute atomic E-state index is 5.79. The molecule has 2 heterocycles. The van der Waals surface area contributed by atoms with Gasteiger partial charge in [0.1, 0.15) is 11.3 Å². The van der Waals surface area contributed by atoms with Gasteiger partial charge in [-0.05, 0) is 30.8 Å². The molecule has 0 radical (unpaired) electrons. The Kier molecular flexibility index (Phi) is 3.93. The van der Waals surface area contributed by atoms with Crippen molar-refractivity contribution in [3.63, 3.8) is 0 Å². The second-order valence-electron chi connectivity index (χ2n) is 4.81. The Morgan fingerprint density at radius 2 is 2.15 bits per heavy atom. The molecule has 108 valence electrons. The number of nitrogens with one attached hydrogen (secondary N) is 1. The normalized spacial score (nSPS) is 15.8. The standard InChI is InChI=1S/C14H19N3O2S/c1-2-8-19-12-5-3-4-11-13(12)15-14(20)17(11)16-6-9-18-10-7-16/h3-5H,2,6-10H2,1H3,(H,15,20). The first kappa shape index (κ1) is 13.5. The summed E-state index contributed by atoms with van der Waals surface area (Å²) in [4.78, 5) is 3.27. The summed E-state index contributed by atoms with van der Waals surface area (Å²) in [6, 6.07) is 6.05. The number of aromatic nitrogens is 2. The fourth-order valence-corrected chi connectivity index (χ4v) is 2.77. The first-order chi connectivity index (χ1) is 9.81. The quantitative estimate of drug-likeness (QED) is 0.879. The Morgan fingerprint density at radius 1 is 1.35 bits per heavy atom. The Bertz CT molecular complexity index is 643. The summed E-state index contributed by atoms with van der Waals surface area (Å²) >= 11 is 5.48. The van der Waals surface area contributed by atoms with E-state index in [1.807, 2.05) is 12.1 Å². The largest absolute Gasteiger partial charge is 0.491 e. The highest BCUT2D eigenvalue weighted by Gasteiger charge is 2.16. The van der Waals surface area contributed by atoms with Gasteiger partial charge in [0.2, 0.25) is 0 Å². The lowest BCUT2D eigenvalue weighted by atomic mass is 10.3. The van der Waals surface area contributed by atoms with E-state index in [1.54, 1.807) is 0 Å². The number of benzene rings is 1. The molecule has 0 spiro atoms. The van der Waals surface area contributed by atoms with Gasteiger partial charge in [0.15, 0.2) is 4.77 Å². The predicted octanol–water partition coefficient (Wildman–Crippen LogP) is 2.46. The van der Waals surface area contributed by atoms with E-state index in [4.69, 9.17) is 21.7 Å². The number of hydrogen-bond donors (Lipinski definition) is 1. The van der Waals surface area contributed by atoms with Crippen molar-refractivity contribution in [3.05, 3.63) is 23.0 Å². The van der Waals surface area contributed by atoms with Crippen LogP contribution in [0.15, 0.2) is 18.2 Å². The molecule has 5 nitrogen and oxygen atoms in total. The third kappa shape index (κ3) is 2.41. The molecule has 2 aromatic rings. The molecule has 0 unspecified atom stereocenters. The molecular weight excluding hydrogens is 274 g/mol. The van der Waals surface area contributed by atoms with Crippen molar-refractivity contribution >= 4 is 23.3 Å². The topological polar surface area (TPSA) is 42.4 Å². The number of ether oxygens (including phenoxy) is 2. The van der Waals surface area contributed by atoms with Crippen LogP contribution in [0.2, 0.25) is 0 Å². The highest BCUT2D eigenvalue weighted by molar-refractivity contribution is 7.71. The van der Waals surface area contributed by atoms with E-state index in [0.717, 1.165) is 49.5 Å². The monoisotopic (exact) mass is 293 g/mol. The average molecular weight is 293 g/mol. The van der Waals surface area contributed by atoms with Gasteiger partial charge in [-0.2, -0.15) is 0 Å². The van der Waals surface area contributed by atoms with Crippen LogP contribution >= 0.6 is 12.2 Å². The van der Waals surface area contributed by atoms with Crippen molar-refractivity contribution in [2.75, 3.05) is 37.9 Å². The smallest absolute Gasteiger partial charge is 0.197 e. The average Bonchev–Trinajstić information content (AvgIpc) is 2.82. The third-order valence-electron chi connectivity index (χ3n) is 3.39. The highest BCUT2D eigenvalue weighted by atomic mass is 32.1. The van der Waals surface area contributed by atoms with Crippen molar-refractivity contribution in [1.29, 1.82) is 0 Å². The zero-order chi connectivity index (χ0) is 13.9.